The maximum atomic E-state index is 4.92. The molecule has 0 saturated carbocycles. The molecular formula is C40H44HfN3+. The molecular weight excluding hydrogens is 701 g/mol. The van der Waals surface area contributed by atoms with Gasteiger partial charge in [0.2, 0.25) is 0 Å². The smallest absolute Gasteiger partial charge is 0.331 e. The molecule has 0 atom stereocenters. The molecule has 44 heavy (non-hydrogen) atoms. The third-order valence-corrected chi connectivity index (χ3v) is 6.74. The maximum absolute atomic E-state index is 4.92. The molecule has 0 radical (unpaired) electrons. The number of benzene rings is 4. The summed E-state index contributed by atoms with van der Waals surface area (Å²) < 4.78 is 4.47. The van der Waals surface area contributed by atoms with Gasteiger partial charge in [-0.1, -0.05) is 36.4 Å². The Bertz CT molecular complexity index is 1550. The molecule has 3 nitrogen and oxygen atoms in total. The average molecular weight is 745 g/mol. The van der Waals surface area contributed by atoms with E-state index in [9.17, 15) is 0 Å². The average Bonchev–Trinajstić information content (AvgIpc) is 3.44. The Morgan fingerprint density at radius 3 is 1.39 bits per heavy atom. The Morgan fingerprint density at radius 2 is 1.02 bits per heavy atom. The monoisotopic (exact) mass is 746 g/mol. The third kappa shape index (κ3) is 11.2. The van der Waals surface area contributed by atoms with E-state index in [1.807, 2.05) is 91.0 Å². The van der Waals surface area contributed by atoms with Gasteiger partial charge in [0.25, 0.3) is 0 Å². The predicted octanol–water partition coefficient (Wildman–Crippen LogP) is 10.6. The first-order valence-electron chi connectivity index (χ1n) is 14.6. The van der Waals surface area contributed by atoms with Crippen LogP contribution < -0.4 is 4.57 Å². The summed E-state index contributed by atoms with van der Waals surface area (Å²) in [5, 5.41) is 6.17. The van der Waals surface area contributed by atoms with Crippen LogP contribution in [0.25, 0.3) is 16.4 Å². The van der Waals surface area contributed by atoms with E-state index < -0.39 is 0 Å². The van der Waals surface area contributed by atoms with Crippen molar-refractivity contribution in [1.29, 1.82) is 0 Å². The molecule has 4 heteroatoms. The molecule has 0 bridgehead atoms. The van der Waals surface area contributed by atoms with Crippen LogP contribution in [-0.4, -0.2) is 4.57 Å². The van der Waals surface area contributed by atoms with Crippen LogP contribution in [0.1, 0.15) is 47.7 Å². The second kappa shape index (κ2) is 18.5. The van der Waals surface area contributed by atoms with Gasteiger partial charge in [-0.05, 0) is 57.0 Å². The normalized spacial score (nSPS) is 9.77. The molecule has 0 unspecified atom stereocenters. The number of fused-ring (bicyclic) bond motifs is 1. The van der Waals surface area contributed by atoms with Crippen molar-refractivity contribution >= 4 is 22.5 Å². The zero-order valence-electron chi connectivity index (χ0n) is 26.7. The summed E-state index contributed by atoms with van der Waals surface area (Å²) in [7, 11) is 2.09. The number of hydrogen-bond donors (Lipinski definition) is 0. The molecule has 0 fully saturated rings. The Morgan fingerprint density at radius 1 is 0.591 bits per heavy atom. The molecule has 6 rings (SSSR count). The second-order valence-electron chi connectivity index (χ2n) is 10.7. The standard InChI is InChI=1S/C19H23N3.3C7H7.Hf/c1-13(2)22-12-11-16-9-10-17(21(5)19(16)22)20-18-14(3)7-6-8-15(18)4;3*1-7-5-3-2-4-6-7;/h6-13H,1-5H3;3*2-6H,1H2;/q;3*-1;+4. The van der Waals surface area contributed by atoms with Crippen LogP contribution in [0.15, 0.2) is 134 Å². The van der Waals surface area contributed by atoms with E-state index in [1.165, 1.54) is 22.2 Å². The largest absolute Gasteiger partial charge is 4.00 e. The van der Waals surface area contributed by atoms with Crippen LogP contribution in [0.2, 0.25) is 0 Å². The van der Waals surface area contributed by atoms with E-state index in [2.05, 4.69) is 107 Å². The maximum Gasteiger partial charge on any atom is 4.00 e. The Balaban J connectivity index is 0.000000249. The van der Waals surface area contributed by atoms with Gasteiger partial charge in [-0.3, -0.25) is 0 Å². The molecule has 0 saturated heterocycles. The second-order valence-corrected chi connectivity index (χ2v) is 10.7. The predicted molar refractivity (Wildman–Crippen MR) is 185 cm³/mol. The van der Waals surface area contributed by atoms with Gasteiger partial charge in [-0.2, -0.15) is 73.9 Å². The zero-order chi connectivity index (χ0) is 31.2. The molecule has 0 aliphatic rings. The fraction of sp³-hybridized carbons (Fsp3) is 0.150. The summed E-state index contributed by atoms with van der Waals surface area (Å²) in [6, 6.07) is 42.8. The topological polar surface area (TPSA) is 22.9 Å². The van der Waals surface area contributed by atoms with E-state index in [1.54, 1.807) is 0 Å². The van der Waals surface area contributed by atoms with Crippen LogP contribution in [0.5, 0.6) is 0 Å². The van der Waals surface area contributed by atoms with Crippen LogP contribution >= 0.6 is 0 Å². The van der Waals surface area contributed by atoms with E-state index in [0.717, 1.165) is 28.2 Å². The number of para-hydroxylation sites is 1. The third-order valence-electron chi connectivity index (χ3n) is 6.74. The molecule has 2 aromatic heterocycles. The molecule has 0 amide bonds. The van der Waals surface area contributed by atoms with E-state index >= 15 is 0 Å². The van der Waals surface area contributed by atoms with Crippen molar-refractivity contribution < 1.29 is 30.4 Å². The first-order chi connectivity index (χ1) is 20.7. The Hall–Kier alpha value is -4.15. The van der Waals surface area contributed by atoms with Crippen molar-refractivity contribution in [2.75, 3.05) is 0 Å². The van der Waals surface area contributed by atoms with Crippen molar-refractivity contribution in [3.8, 4) is 0 Å². The quantitative estimate of drug-likeness (QED) is 0.0979. The Labute approximate surface area is 284 Å². The van der Waals surface area contributed by atoms with E-state index in [-0.39, 0.29) is 25.8 Å². The number of pyridine rings is 1. The summed E-state index contributed by atoms with van der Waals surface area (Å²) >= 11 is 0. The fourth-order valence-electron chi connectivity index (χ4n) is 4.40. The minimum Gasteiger partial charge on any atom is -0.331 e. The molecule has 0 N–H and O–H groups in total. The number of aromatic nitrogens is 2. The molecule has 0 aliphatic heterocycles. The van der Waals surface area contributed by atoms with Gasteiger partial charge in [0, 0.05) is 24.7 Å². The van der Waals surface area contributed by atoms with Crippen molar-refractivity contribution in [2.24, 2.45) is 7.05 Å². The summed E-state index contributed by atoms with van der Waals surface area (Å²) in [5.41, 5.74) is 7.91. The van der Waals surface area contributed by atoms with E-state index in [4.69, 9.17) is 5.32 Å². The molecule has 6 aromatic rings. The van der Waals surface area contributed by atoms with Gasteiger partial charge in [0.05, 0.1) is 5.69 Å². The molecule has 0 spiro atoms. The SMILES string of the molecule is Cc1cccc(C)c1[N-]c1ccc2ccn(C(C)C)c2[n+]1C.[CH2-]c1ccccc1.[CH2-]c1ccccc1.[CH2-]c1ccccc1.[Hf+4]. The summed E-state index contributed by atoms with van der Waals surface area (Å²) in [6.45, 7) is 19.8. The van der Waals surface area contributed by atoms with E-state index in [0.29, 0.717) is 6.04 Å². The molecule has 0 aliphatic carbocycles. The van der Waals surface area contributed by atoms with Crippen LogP contribution in [0.3, 0.4) is 0 Å². The van der Waals surface area contributed by atoms with Gasteiger partial charge in [0.1, 0.15) is 11.5 Å². The summed E-state index contributed by atoms with van der Waals surface area (Å²) in [6.07, 6.45) is 2.15. The van der Waals surface area contributed by atoms with Gasteiger partial charge in [0.15, 0.2) is 0 Å². The fourth-order valence-corrected chi connectivity index (χ4v) is 4.40. The summed E-state index contributed by atoms with van der Waals surface area (Å²) in [5.74, 6) is 0.977. The van der Waals surface area contributed by atoms with Crippen LogP contribution in [-0.2, 0) is 32.9 Å². The summed E-state index contributed by atoms with van der Waals surface area (Å²) in [4.78, 5) is 0. The molecule has 4 aromatic carbocycles. The van der Waals surface area contributed by atoms with Crippen molar-refractivity contribution in [3.63, 3.8) is 0 Å². The van der Waals surface area contributed by atoms with Gasteiger partial charge >= 0.3 is 25.8 Å². The number of aryl methyl sites for hydroxylation is 3. The number of rotatable bonds is 3. The Kier molecular flexibility index (Phi) is 15.2. The van der Waals surface area contributed by atoms with Crippen molar-refractivity contribution in [3.05, 3.63) is 187 Å². The van der Waals surface area contributed by atoms with Gasteiger partial charge in [-0.25, -0.2) is 5.32 Å². The first kappa shape index (κ1) is 36.0. The molecule has 222 valence electrons. The zero-order valence-corrected chi connectivity index (χ0v) is 30.3. The van der Waals surface area contributed by atoms with Crippen LogP contribution in [0, 0.1) is 34.6 Å². The first-order valence-corrected chi connectivity index (χ1v) is 14.6. The number of nitrogens with zero attached hydrogens (tertiary/aromatic N) is 3. The van der Waals surface area contributed by atoms with Gasteiger partial charge < -0.3 is 9.13 Å². The van der Waals surface area contributed by atoms with Crippen LogP contribution in [0.4, 0.5) is 11.5 Å². The van der Waals surface area contributed by atoms with Crippen molar-refractivity contribution in [2.45, 2.75) is 33.7 Å². The minimum absolute atomic E-state index is 0. The minimum atomic E-state index is 0. The van der Waals surface area contributed by atoms with Gasteiger partial charge in [-0.15, -0.1) is 36.4 Å². The molecule has 2 heterocycles. The van der Waals surface area contributed by atoms with Crippen molar-refractivity contribution in [1.82, 2.24) is 4.57 Å². The number of hydrogen-bond acceptors (Lipinski definition) is 0.